The Morgan fingerprint density at radius 1 is 1.12 bits per heavy atom. The normalized spacial score (nSPS) is 12.6. The van der Waals surface area contributed by atoms with E-state index in [-0.39, 0.29) is 17.8 Å². The molecule has 128 valence electrons. The summed E-state index contributed by atoms with van der Waals surface area (Å²) in [6.45, 7) is 1.96. The molecule has 0 atom stereocenters. The average Bonchev–Trinajstić information content (AvgIpc) is 3.07. The fraction of sp³-hybridized carbons (Fsp3) is 0.235. The first kappa shape index (κ1) is 15.3. The average molecular weight is 341 g/mol. The molecular weight excluding hydrogens is 326 g/mol. The first-order chi connectivity index (χ1) is 12.0. The van der Waals surface area contributed by atoms with Crippen molar-refractivity contribution < 1.29 is 14.2 Å². The zero-order valence-electron chi connectivity index (χ0n) is 13.9. The second kappa shape index (κ2) is 5.37. The van der Waals surface area contributed by atoms with Gasteiger partial charge in [-0.15, -0.1) is 0 Å². The molecule has 25 heavy (non-hydrogen) atoms. The van der Waals surface area contributed by atoms with Crippen LogP contribution in [0.5, 0.6) is 23.0 Å². The summed E-state index contributed by atoms with van der Waals surface area (Å²) >= 11 is 0. The van der Waals surface area contributed by atoms with Crippen LogP contribution in [0.25, 0.3) is 11.0 Å². The molecule has 0 unspecified atom stereocenters. The summed E-state index contributed by atoms with van der Waals surface area (Å²) in [6, 6.07) is 5.16. The molecule has 0 saturated carbocycles. The molecule has 8 heteroatoms. The van der Waals surface area contributed by atoms with Crippen molar-refractivity contribution in [2.45, 2.75) is 6.92 Å². The lowest BCUT2D eigenvalue weighted by Crippen LogP contribution is -2.37. The van der Waals surface area contributed by atoms with Crippen LogP contribution in [0.4, 0.5) is 0 Å². The van der Waals surface area contributed by atoms with Gasteiger partial charge in [0.2, 0.25) is 6.79 Å². The van der Waals surface area contributed by atoms with Crippen LogP contribution in [0.15, 0.2) is 34.0 Å². The van der Waals surface area contributed by atoms with E-state index in [0.717, 1.165) is 4.57 Å². The van der Waals surface area contributed by atoms with Gasteiger partial charge in [-0.25, -0.2) is 9.78 Å². The van der Waals surface area contributed by atoms with Crippen LogP contribution in [0.1, 0.15) is 5.56 Å². The van der Waals surface area contributed by atoms with E-state index in [9.17, 15) is 9.59 Å². The number of rotatable bonds is 2. The van der Waals surface area contributed by atoms with Crippen molar-refractivity contribution >= 4 is 11.0 Å². The van der Waals surface area contributed by atoms with Crippen molar-refractivity contribution in [3.8, 4) is 23.0 Å². The van der Waals surface area contributed by atoms with E-state index in [0.29, 0.717) is 28.6 Å². The Morgan fingerprint density at radius 3 is 2.68 bits per heavy atom. The summed E-state index contributed by atoms with van der Waals surface area (Å²) < 4.78 is 19.0. The molecule has 1 aliphatic rings. The van der Waals surface area contributed by atoms with E-state index in [1.807, 2.05) is 0 Å². The summed E-state index contributed by atoms with van der Waals surface area (Å²) in [5.41, 5.74) is 0.0586. The van der Waals surface area contributed by atoms with E-state index in [1.54, 1.807) is 38.4 Å². The largest absolute Gasteiger partial charge is 0.456 e. The quantitative estimate of drug-likeness (QED) is 0.702. The van der Waals surface area contributed by atoms with Crippen LogP contribution in [0.3, 0.4) is 0 Å². The van der Waals surface area contributed by atoms with Crippen LogP contribution < -0.4 is 25.5 Å². The van der Waals surface area contributed by atoms with Crippen molar-refractivity contribution in [3.05, 3.63) is 50.8 Å². The molecule has 0 radical (unpaired) electrons. The van der Waals surface area contributed by atoms with Gasteiger partial charge in [0.1, 0.15) is 16.9 Å². The van der Waals surface area contributed by atoms with E-state index in [1.165, 1.54) is 11.6 Å². The van der Waals surface area contributed by atoms with Crippen molar-refractivity contribution in [3.63, 3.8) is 0 Å². The lowest BCUT2D eigenvalue weighted by molar-refractivity contribution is 0.174. The molecule has 4 rings (SSSR count). The van der Waals surface area contributed by atoms with Crippen molar-refractivity contribution in [2.24, 2.45) is 14.1 Å². The fourth-order valence-corrected chi connectivity index (χ4v) is 2.79. The van der Waals surface area contributed by atoms with Gasteiger partial charge in [-0.3, -0.25) is 13.9 Å². The van der Waals surface area contributed by atoms with E-state index in [4.69, 9.17) is 14.2 Å². The number of nitrogens with zero attached hydrogens (tertiary/aromatic N) is 3. The Kier molecular flexibility index (Phi) is 3.28. The zero-order chi connectivity index (χ0) is 17.7. The highest BCUT2D eigenvalue weighted by atomic mass is 16.7. The number of fused-ring (bicyclic) bond motifs is 2. The number of ether oxygens (including phenoxy) is 3. The molecule has 0 N–H and O–H groups in total. The summed E-state index contributed by atoms with van der Waals surface area (Å²) in [6.07, 6.45) is 1.57. The second-order valence-corrected chi connectivity index (χ2v) is 5.79. The Labute approximate surface area is 141 Å². The third-order valence-electron chi connectivity index (χ3n) is 4.16. The Morgan fingerprint density at radius 2 is 1.88 bits per heavy atom. The fourth-order valence-electron chi connectivity index (χ4n) is 2.79. The van der Waals surface area contributed by atoms with E-state index in [2.05, 4.69) is 4.98 Å². The highest BCUT2D eigenvalue weighted by Crippen LogP contribution is 2.38. The number of aryl methyl sites for hydroxylation is 2. The first-order valence-corrected chi connectivity index (χ1v) is 7.60. The maximum atomic E-state index is 12.6. The van der Waals surface area contributed by atoms with Gasteiger partial charge in [-0.2, -0.15) is 0 Å². The lowest BCUT2D eigenvalue weighted by atomic mass is 10.2. The molecule has 2 aromatic heterocycles. The molecule has 3 heterocycles. The van der Waals surface area contributed by atoms with Gasteiger partial charge in [-0.1, -0.05) is 0 Å². The third kappa shape index (κ3) is 2.25. The molecule has 8 nitrogen and oxygen atoms in total. The van der Waals surface area contributed by atoms with Crippen LogP contribution in [0, 0.1) is 6.92 Å². The van der Waals surface area contributed by atoms with Crippen molar-refractivity contribution in [1.82, 2.24) is 14.1 Å². The van der Waals surface area contributed by atoms with Gasteiger partial charge in [-0.05, 0) is 19.1 Å². The second-order valence-electron chi connectivity index (χ2n) is 5.79. The summed E-state index contributed by atoms with van der Waals surface area (Å²) in [7, 11) is 2.99. The maximum Gasteiger partial charge on any atom is 0.332 e. The number of hydrogen-bond donors (Lipinski definition) is 0. The van der Waals surface area contributed by atoms with Crippen molar-refractivity contribution in [2.75, 3.05) is 6.79 Å². The lowest BCUT2D eigenvalue weighted by Gasteiger charge is -2.13. The molecule has 3 aromatic rings. The van der Waals surface area contributed by atoms with Gasteiger partial charge in [0.25, 0.3) is 5.56 Å². The predicted molar refractivity (Wildman–Crippen MR) is 89.6 cm³/mol. The molecule has 0 spiro atoms. The van der Waals surface area contributed by atoms with Crippen LogP contribution in [-0.2, 0) is 14.1 Å². The molecule has 0 amide bonds. The monoisotopic (exact) mass is 341 g/mol. The molecule has 0 aliphatic carbocycles. The molecule has 1 aromatic carbocycles. The summed E-state index contributed by atoms with van der Waals surface area (Å²) in [5.74, 6) is 2.08. The SMILES string of the molecule is Cc1cnc2c(c1Oc1ccc3c(c1)OCO3)c(=O)n(C)c(=O)n2C. The maximum absolute atomic E-state index is 12.6. The topological polar surface area (TPSA) is 84.6 Å². The highest BCUT2D eigenvalue weighted by Gasteiger charge is 2.19. The number of aromatic nitrogens is 3. The Hall–Kier alpha value is -3.29. The molecular formula is C17H15N3O5. The number of benzene rings is 1. The van der Waals surface area contributed by atoms with Gasteiger partial charge in [0.15, 0.2) is 17.1 Å². The Bertz CT molecular complexity index is 1130. The van der Waals surface area contributed by atoms with Gasteiger partial charge >= 0.3 is 5.69 Å². The minimum absolute atomic E-state index is 0.165. The van der Waals surface area contributed by atoms with E-state index < -0.39 is 11.2 Å². The molecule has 0 bridgehead atoms. The highest BCUT2D eigenvalue weighted by molar-refractivity contribution is 5.83. The minimum atomic E-state index is -0.454. The summed E-state index contributed by atoms with van der Waals surface area (Å²) in [4.78, 5) is 29.0. The smallest absolute Gasteiger partial charge is 0.332 e. The zero-order valence-corrected chi connectivity index (χ0v) is 13.9. The molecule has 0 saturated heterocycles. The van der Waals surface area contributed by atoms with Crippen LogP contribution in [0.2, 0.25) is 0 Å². The van der Waals surface area contributed by atoms with Gasteiger partial charge in [0, 0.05) is 31.9 Å². The predicted octanol–water partition coefficient (Wildman–Crippen LogP) is 1.46. The molecule has 1 aliphatic heterocycles. The number of hydrogen-bond acceptors (Lipinski definition) is 6. The third-order valence-corrected chi connectivity index (χ3v) is 4.16. The van der Waals surface area contributed by atoms with E-state index >= 15 is 0 Å². The van der Waals surface area contributed by atoms with Gasteiger partial charge < -0.3 is 14.2 Å². The van der Waals surface area contributed by atoms with Gasteiger partial charge in [0.05, 0.1) is 0 Å². The summed E-state index contributed by atoms with van der Waals surface area (Å²) in [5, 5.41) is 0.252. The van der Waals surface area contributed by atoms with Crippen LogP contribution in [-0.4, -0.2) is 20.9 Å². The molecule has 0 fully saturated rings. The Balaban J connectivity index is 1.94. The standard InChI is InChI=1S/C17H15N3O5/c1-9-7-18-15-13(16(21)20(3)17(22)19(15)2)14(9)25-10-4-5-11-12(6-10)24-8-23-11/h4-7H,8H2,1-3H3. The number of pyridine rings is 1. The first-order valence-electron chi connectivity index (χ1n) is 7.60. The van der Waals surface area contributed by atoms with Crippen molar-refractivity contribution in [1.29, 1.82) is 0 Å². The van der Waals surface area contributed by atoms with Crippen LogP contribution >= 0.6 is 0 Å². The minimum Gasteiger partial charge on any atom is -0.456 e.